The van der Waals surface area contributed by atoms with Crippen LogP contribution >= 0.6 is 11.3 Å². The molecule has 7 heteroatoms. The Balaban J connectivity index is 2.28. The number of alkyl halides is 3. The molecule has 2 rings (SSSR count). The second-order valence-corrected chi connectivity index (χ2v) is 4.67. The lowest BCUT2D eigenvalue weighted by molar-refractivity contribution is -0.134. The number of anilines is 1. The molecule has 0 saturated carbocycles. The summed E-state index contributed by atoms with van der Waals surface area (Å²) in [5.41, 5.74) is 0. The van der Waals surface area contributed by atoms with E-state index in [1.165, 1.54) is 11.3 Å². The summed E-state index contributed by atoms with van der Waals surface area (Å²) >= 11 is 1.40. The third kappa shape index (κ3) is 3.10. The Morgan fingerprint density at radius 1 is 1.33 bits per heavy atom. The van der Waals surface area contributed by atoms with Crippen LogP contribution in [0.25, 0.3) is 10.2 Å². The van der Waals surface area contributed by atoms with Crippen LogP contribution in [0.4, 0.5) is 19.0 Å². The van der Waals surface area contributed by atoms with E-state index in [-0.39, 0.29) is 12.2 Å². The number of hydrogen-bond acceptors (Lipinski definition) is 4. The topological polar surface area (TPSA) is 37.8 Å². The lowest BCUT2D eigenvalue weighted by Gasteiger charge is -2.08. The number of fused-ring (bicyclic) bond motifs is 1. The first-order valence-electron chi connectivity index (χ1n) is 5.54. The molecule has 0 amide bonds. The van der Waals surface area contributed by atoms with Gasteiger partial charge in [0.2, 0.25) is 0 Å². The highest BCUT2D eigenvalue weighted by Gasteiger charge is 2.27. The minimum atomic E-state index is -4.17. The van der Waals surface area contributed by atoms with Crippen molar-refractivity contribution in [2.75, 3.05) is 11.9 Å². The van der Waals surface area contributed by atoms with Gasteiger partial charge in [0.25, 0.3) is 0 Å². The zero-order valence-corrected chi connectivity index (χ0v) is 10.5. The molecule has 3 nitrogen and oxygen atoms in total. The number of thiophene rings is 1. The van der Waals surface area contributed by atoms with Gasteiger partial charge in [-0.25, -0.2) is 9.97 Å². The highest BCUT2D eigenvalue weighted by molar-refractivity contribution is 7.16. The molecule has 0 bridgehead atoms. The van der Waals surface area contributed by atoms with Gasteiger partial charge in [0, 0.05) is 13.0 Å². The fourth-order valence-corrected chi connectivity index (χ4v) is 2.35. The Labute approximate surface area is 106 Å². The van der Waals surface area contributed by atoms with Crippen molar-refractivity contribution >= 4 is 27.4 Å². The molecule has 0 spiro atoms. The summed E-state index contributed by atoms with van der Waals surface area (Å²) in [6.07, 6.45) is -5.25. The number of nitrogens with one attached hydrogen (secondary N) is 1. The van der Waals surface area contributed by atoms with Gasteiger partial charge in [-0.05, 0) is 18.4 Å². The normalized spacial score (nSPS) is 12.0. The van der Waals surface area contributed by atoms with Crippen molar-refractivity contribution in [3.05, 3.63) is 17.3 Å². The van der Waals surface area contributed by atoms with Crippen LogP contribution in [0.1, 0.15) is 19.2 Å². The van der Waals surface area contributed by atoms with Gasteiger partial charge in [-0.2, -0.15) is 13.2 Å². The van der Waals surface area contributed by atoms with Gasteiger partial charge < -0.3 is 5.32 Å². The third-order valence-corrected chi connectivity index (χ3v) is 3.15. The van der Waals surface area contributed by atoms with Crippen LogP contribution in [-0.2, 0) is 6.42 Å². The lowest BCUT2D eigenvalue weighted by atomic mass is 10.3. The summed E-state index contributed by atoms with van der Waals surface area (Å²) in [6, 6.07) is 1.87. The van der Waals surface area contributed by atoms with E-state index >= 15 is 0 Å². The fraction of sp³-hybridized carbons (Fsp3) is 0.455. The number of aromatic nitrogens is 2. The number of hydrogen-bond donors (Lipinski definition) is 1. The minimum Gasteiger partial charge on any atom is -0.370 e. The van der Waals surface area contributed by atoms with Gasteiger partial charge in [0.05, 0.1) is 11.8 Å². The average Bonchev–Trinajstić information content (AvgIpc) is 2.74. The maximum absolute atomic E-state index is 12.2. The molecular weight excluding hydrogens is 263 g/mol. The van der Waals surface area contributed by atoms with Crippen LogP contribution in [0.3, 0.4) is 0 Å². The Kier molecular flexibility index (Phi) is 3.70. The number of nitrogens with zero attached hydrogens (tertiary/aromatic N) is 2. The standard InChI is InChI=1S/C11H12F3N3S/c1-2-15-9-7-4-6-18-10(7)17-8(16-9)3-5-11(12,13)14/h4,6H,2-3,5H2,1H3,(H,15,16,17). The van der Waals surface area contributed by atoms with Crippen LogP contribution in [0.5, 0.6) is 0 Å². The van der Waals surface area contributed by atoms with Crippen molar-refractivity contribution in [2.45, 2.75) is 25.9 Å². The minimum absolute atomic E-state index is 0.185. The van der Waals surface area contributed by atoms with E-state index in [1.54, 1.807) is 0 Å². The number of halogens is 3. The summed E-state index contributed by atoms with van der Waals surface area (Å²) in [6.45, 7) is 2.58. The lowest BCUT2D eigenvalue weighted by Crippen LogP contribution is -2.11. The van der Waals surface area contributed by atoms with Gasteiger partial charge >= 0.3 is 6.18 Å². The predicted molar refractivity (Wildman–Crippen MR) is 66.0 cm³/mol. The fourth-order valence-electron chi connectivity index (χ4n) is 1.57. The molecule has 1 N–H and O–H groups in total. The maximum Gasteiger partial charge on any atom is 0.389 e. The highest BCUT2D eigenvalue weighted by Crippen LogP contribution is 2.27. The van der Waals surface area contributed by atoms with E-state index in [0.29, 0.717) is 12.4 Å². The molecule has 0 aliphatic rings. The Bertz CT molecular complexity index is 536. The molecule has 98 valence electrons. The molecule has 2 aromatic rings. The molecule has 0 unspecified atom stereocenters. The van der Waals surface area contributed by atoms with E-state index in [9.17, 15) is 13.2 Å². The summed E-state index contributed by atoms with van der Waals surface area (Å²) in [4.78, 5) is 9.02. The quantitative estimate of drug-likeness (QED) is 0.926. The maximum atomic E-state index is 12.2. The summed E-state index contributed by atoms with van der Waals surface area (Å²) in [7, 11) is 0. The molecule has 18 heavy (non-hydrogen) atoms. The van der Waals surface area contributed by atoms with Crippen molar-refractivity contribution in [1.82, 2.24) is 9.97 Å². The largest absolute Gasteiger partial charge is 0.389 e. The van der Waals surface area contributed by atoms with Crippen LogP contribution < -0.4 is 5.32 Å². The van der Waals surface area contributed by atoms with Crippen molar-refractivity contribution in [3.63, 3.8) is 0 Å². The van der Waals surface area contributed by atoms with E-state index in [1.807, 2.05) is 18.4 Å². The Morgan fingerprint density at radius 2 is 2.11 bits per heavy atom. The molecule has 2 heterocycles. The summed E-state index contributed by atoms with van der Waals surface area (Å²) in [5.74, 6) is 0.846. The second-order valence-electron chi connectivity index (χ2n) is 3.77. The van der Waals surface area contributed by atoms with Crippen molar-refractivity contribution in [1.29, 1.82) is 0 Å². The van der Waals surface area contributed by atoms with Crippen LogP contribution in [0.15, 0.2) is 11.4 Å². The number of rotatable bonds is 4. The van der Waals surface area contributed by atoms with Crippen molar-refractivity contribution in [2.24, 2.45) is 0 Å². The van der Waals surface area contributed by atoms with Gasteiger partial charge in [0.15, 0.2) is 0 Å². The zero-order valence-electron chi connectivity index (χ0n) is 9.71. The van der Waals surface area contributed by atoms with E-state index in [2.05, 4.69) is 15.3 Å². The smallest absolute Gasteiger partial charge is 0.370 e. The van der Waals surface area contributed by atoms with Gasteiger partial charge in [-0.3, -0.25) is 0 Å². The van der Waals surface area contributed by atoms with Crippen LogP contribution in [-0.4, -0.2) is 22.7 Å². The molecule has 0 aliphatic carbocycles. The van der Waals surface area contributed by atoms with Gasteiger partial charge in [0.1, 0.15) is 16.5 Å². The second kappa shape index (κ2) is 5.09. The van der Waals surface area contributed by atoms with Crippen LogP contribution in [0, 0.1) is 0 Å². The summed E-state index contributed by atoms with van der Waals surface area (Å²) < 4.78 is 36.5. The average molecular weight is 275 g/mol. The first kappa shape index (κ1) is 13.1. The molecule has 0 radical (unpaired) electrons. The molecule has 0 fully saturated rings. The Morgan fingerprint density at radius 3 is 2.78 bits per heavy atom. The van der Waals surface area contributed by atoms with E-state index in [0.717, 1.165) is 10.2 Å². The monoisotopic (exact) mass is 275 g/mol. The van der Waals surface area contributed by atoms with Gasteiger partial charge in [-0.1, -0.05) is 0 Å². The van der Waals surface area contributed by atoms with Gasteiger partial charge in [-0.15, -0.1) is 11.3 Å². The van der Waals surface area contributed by atoms with E-state index in [4.69, 9.17) is 0 Å². The molecular formula is C11H12F3N3S. The summed E-state index contributed by atoms with van der Waals surface area (Å²) in [5, 5.41) is 5.76. The van der Waals surface area contributed by atoms with Crippen molar-refractivity contribution in [3.8, 4) is 0 Å². The van der Waals surface area contributed by atoms with E-state index < -0.39 is 12.6 Å². The molecule has 0 aliphatic heterocycles. The van der Waals surface area contributed by atoms with Crippen molar-refractivity contribution < 1.29 is 13.2 Å². The molecule has 0 atom stereocenters. The molecule has 0 saturated heterocycles. The predicted octanol–water partition coefficient (Wildman–Crippen LogP) is 3.62. The number of aryl methyl sites for hydroxylation is 1. The molecule has 2 aromatic heterocycles. The van der Waals surface area contributed by atoms with Crippen LogP contribution in [0.2, 0.25) is 0 Å². The SMILES string of the molecule is CCNc1nc(CCC(F)(F)F)nc2sccc12. The Hall–Kier alpha value is -1.37. The molecule has 0 aromatic carbocycles. The first-order valence-corrected chi connectivity index (χ1v) is 6.42. The first-order chi connectivity index (χ1) is 8.49. The third-order valence-electron chi connectivity index (χ3n) is 2.35. The zero-order chi connectivity index (χ0) is 13.2. The highest BCUT2D eigenvalue weighted by atomic mass is 32.1.